The molecule has 4 aliphatic rings. The Bertz CT molecular complexity index is 2270. The smallest absolute Gasteiger partial charge is 0.338 e. The van der Waals surface area contributed by atoms with E-state index in [0.29, 0.717) is 40.6 Å². The van der Waals surface area contributed by atoms with E-state index in [1.807, 2.05) is 19.1 Å². The summed E-state index contributed by atoms with van der Waals surface area (Å²) in [7, 11) is 0. The second-order valence-electron chi connectivity index (χ2n) is 14.0. The first kappa shape index (κ1) is 37.5. The van der Waals surface area contributed by atoms with Crippen molar-refractivity contribution in [2.24, 2.45) is 29.6 Å². The molecule has 15 heteroatoms. The van der Waals surface area contributed by atoms with Gasteiger partial charge in [-0.05, 0) is 111 Å². The number of thioether (sulfide) groups is 1. The molecule has 290 valence electrons. The van der Waals surface area contributed by atoms with Crippen molar-refractivity contribution in [3.8, 4) is 11.5 Å². The number of carbonyl (C=O) groups is 5. The van der Waals surface area contributed by atoms with Gasteiger partial charge in [-0.15, -0.1) is 11.8 Å². The number of hydrogen-bond acceptors (Lipinski definition) is 12. The number of aromatic nitrogens is 1. The van der Waals surface area contributed by atoms with Crippen LogP contribution >= 0.6 is 23.1 Å². The van der Waals surface area contributed by atoms with Crippen LogP contribution < -0.4 is 24.6 Å². The zero-order valence-corrected chi connectivity index (χ0v) is 32.4. The van der Waals surface area contributed by atoms with Gasteiger partial charge < -0.3 is 29.2 Å². The van der Waals surface area contributed by atoms with E-state index in [4.69, 9.17) is 18.9 Å². The van der Waals surface area contributed by atoms with E-state index in [-0.39, 0.29) is 65.4 Å². The highest BCUT2D eigenvalue weighted by Crippen LogP contribution is 2.68. The maximum absolute atomic E-state index is 14.2. The fourth-order valence-electron chi connectivity index (χ4n) is 8.96. The molecule has 2 N–H and O–H groups in total. The van der Waals surface area contributed by atoms with Crippen LogP contribution in [0, 0.1) is 29.6 Å². The van der Waals surface area contributed by atoms with Crippen molar-refractivity contribution in [2.75, 3.05) is 36.6 Å². The lowest BCUT2D eigenvalue weighted by Crippen LogP contribution is -2.42. The average molecular weight is 798 g/mol. The molecule has 4 aromatic rings. The summed E-state index contributed by atoms with van der Waals surface area (Å²) in [5, 5.41) is 3.53. The molecule has 8 rings (SSSR count). The number of fused-ring (bicyclic) bond motifs is 9. The Balaban J connectivity index is 1.03. The Morgan fingerprint density at radius 3 is 2.07 bits per heavy atom. The number of esters is 2. The Kier molecular flexibility index (Phi) is 10.2. The summed E-state index contributed by atoms with van der Waals surface area (Å²) in [5.41, 5.74) is 2.51. The summed E-state index contributed by atoms with van der Waals surface area (Å²) in [6.07, 6.45) is 0.723. The molecule has 2 saturated carbocycles. The lowest BCUT2D eigenvalue weighted by molar-refractivity contribution is -0.123. The second kappa shape index (κ2) is 15.3. The van der Waals surface area contributed by atoms with Gasteiger partial charge in [0.25, 0.3) is 5.91 Å². The van der Waals surface area contributed by atoms with Gasteiger partial charge in [-0.1, -0.05) is 17.4 Å². The van der Waals surface area contributed by atoms with Crippen molar-refractivity contribution in [1.29, 1.82) is 0 Å². The number of H-pyrrole nitrogens is 1. The Morgan fingerprint density at radius 1 is 0.786 bits per heavy atom. The Hall–Kier alpha value is -5.41. The van der Waals surface area contributed by atoms with E-state index in [2.05, 4.69) is 10.3 Å². The lowest BCUT2D eigenvalue weighted by atomic mass is 9.68. The highest BCUT2D eigenvalue weighted by molar-refractivity contribution is 8.00. The monoisotopic (exact) mass is 797 g/mol. The number of anilines is 2. The number of rotatable bonds is 12. The molecule has 3 aromatic carbocycles. The van der Waals surface area contributed by atoms with Crippen LogP contribution in [0.15, 0.2) is 76.6 Å². The molecule has 3 fully saturated rings. The molecule has 3 heterocycles. The minimum absolute atomic E-state index is 0.0200. The lowest BCUT2D eigenvalue weighted by Gasteiger charge is -2.43. The third-order valence-corrected chi connectivity index (χ3v) is 13.6. The Labute approximate surface area is 330 Å². The van der Waals surface area contributed by atoms with Crippen LogP contribution in [0.4, 0.5) is 11.4 Å². The topological polar surface area (TPSA) is 170 Å². The summed E-state index contributed by atoms with van der Waals surface area (Å²) in [6.45, 7) is 5.82. The van der Waals surface area contributed by atoms with Gasteiger partial charge in [-0.3, -0.25) is 24.1 Å². The number of carbonyl (C=O) groups excluding carboxylic acids is 5. The molecule has 0 spiro atoms. The first-order valence-corrected chi connectivity index (χ1v) is 20.3. The summed E-state index contributed by atoms with van der Waals surface area (Å²) in [5.74, 6) is -2.47. The maximum atomic E-state index is 14.2. The fraction of sp³-hybridized carbons (Fsp3) is 0.366. The molecule has 1 saturated heterocycles. The van der Waals surface area contributed by atoms with Crippen LogP contribution in [0.1, 0.15) is 64.3 Å². The zero-order valence-electron chi connectivity index (χ0n) is 30.8. The van der Waals surface area contributed by atoms with E-state index in [1.54, 1.807) is 80.2 Å². The predicted molar refractivity (Wildman–Crippen MR) is 208 cm³/mol. The molecular formula is C41H39N3O10S2. The number of imide groups is 1. The average Bonchev–Trinajstić information content (AvgIpc) is 3.93. The highest BCUT2D eigenvalue weighted by Gasteiger charge is 2.69. The molecule has 3 amide bonds. The summed E-state index contributed by atoms with van der Waals surface area (Å²) < 4.78 is 22.1. The fourth-order valence-corrected chi connectivity index (χ4v) is 11.8. The van der Waals surface area contributed by atoms with Gasteiger partial charge in [0.1, 0.15) is 0 Å². The predicted octanol–water partition coefficient (Wildman–Crippen LogP) is 5.88. The number of nitrogens with zero attached hydrogens (tertiary/aromatic N) is 1. The van der Waals surface area contributed by atoms with E-state index < -0.39 is 29.7 Å². The van der Waals surface area contributed by atoms with Crippen molar-refractivity contribution in [2.45, 2.75) is 43.4 Å². The van der Waals surface area contributed by atoms with E-state index in [9.17, 15) is 28.8 Å². The first-order valence-electron chi connectivity index (χ1n) is 18.6. The molecule has 2 bridgehead atoms. The number of amides is 3. The third-order valence-electron chi connectivity index (χ3n) is 11.0. The highest BCUT2D eigenvalue weighted by atomic mass is 32.2. The molecule has 6 unspecified atom stereocenters. The van der Waals surface area contributed by atoms with E-state index >= 15 is 0 Å². The van der Waals surface area contributed by atoms with Crippen LogP contribution in [0.5, 0.6) is 11.5 Å². The van der Waals surface area contributed by atoms with Crippen LogP contribution in [0.25, 0.3) is 0 Å². The van der Waals surface area contributed by atoms with Crippen molar-refractivity contribution >= 4 is 64.1 Å². The van der Waals surface area contributed by atoms with Gasteiger partial charge in [0.2, 0.25) is 11.8 Å². The quantitative estimate of drug-likeness (QED) is 0.130. The molecule has 0 radical (unpaired) electrons. The standard InChI is InChI=1S/C41H39N3O10S2/c1-4-51-28-17-22(11-16-27(28)54-19-29(45)42-23-12-7-20(8-13-23)39(48)52-5-2)30-31-25-18-26(34(31)55-36-35(30)56-41(50)43-36)33-32(25)37(46)44(38(33)47)24-14-9-21(10-15-24)40(49)53-6-3/h7-17,25-26,30-34H,4-6,18-19H2,1-3H3,(H,42,45)(H,43,50)/t25?,26?,30-,31?,32?,33?,34?/m1/s1. The number of benzene rings is 3. The van der Waals surface area contributed by atoms with E-state index in [1.165, 1.54) is 4.90 Å². The molecule has 13 nitrogen and oxygen atoms in total. The van der Waals surface area contributed by atoms with Crippen LogP contribution in [-0.4, -0.2) is 66.3 Å². The summed E-state index contributed by atoms with van der Waals surface area (Å²) in [6, 6.07) is 18.3. The van der Waals surface area contributed by atoms with Crippen molar-refractivity contribution in [3.05, 3.63) is 98.0 Å². The number of hydrogen-bond donors (Lipinski definition) is 2. The molecular weight excluding hydrogens is 759 g/mol. The SMILES string of the molecule is CCOC(=O)c1ccc(NC(=O)COc2ccc([C@H]3c4sc(=O)[nH]c4SC4C5CC(C6C(=O)N(c7ccc(C(=O)OCC)cc7)C(=O)C56)C43)cc2OCC)cc1. The van der Waals surface area contributed by atoms with Crippen LogP contribution in [-0.2, 0) is 23.9 Å². The minimum atomic E-state index is -0.507. The van der Waals surface area contributed by atoms with Gasteiger partial charge >= 0.3 is 16.8 Å². The third kappa shape index (κ3) is 6.55. The number of nitrogens with one attached hydrogen (secondary N) is 2. The van der Waals surface area contributed by atoms with Crippen molar-refractivity contribution < 1.29 is 42.9 Å². The Morgan fingerprint density at radius 2 is 1.43 bits per heavy atom. The maximum Gasteiger partial charge on any atom is 0.338 e. The van der Waals surface area contributed by atoms with Crippen LogP contribution in [0.2, 0.25) is 0 Å². The first-order chi connectivity index (χ1) is 27.1. The van der Waals surface area contributed by atoms with E-state index in [0.717, 1.165) is 33.2 Å². The molecule has 2 aliphatic carbocycles. The molecule has 56 heavy (non-hydrogen) atoms. The largest absolute Gasteiger partial charge is 0.490 e. The number of thiazole rings is 1. The minimum Gasteiger partial charge on any atom is -0.490 e. The van der Waals surface area contributed by atoms with Gasteiger partial charge in [0, 0.05) is 21.7 Å². The molecule has 1 aromatic heterocycles. The number of aromatic amines is 1. The number of ether oxygens (including phenoxy) is 4. The van der Waals surface area contributed by atoms with Crippen molar-refractivity contribution in [3.63, 3.8) is 0 Å². The molecule has 2 aliphatic heterocycles. The van der Waals surface area contributed by atoms with Gasteiger partial charge in [-0.2, -0.15) is 0 Å². The van der Waals surface area contributed by atoms with Crippen LogP contribution in [0.3, 0.4) is 0 Å². The van der Waals surface area contributed by atoms with Crippen molar-refractivity contribution in [1.82, 2.24) is 4.98 Å². The van der Waals surface area contributed by atoms with Gasteiger partial charge in [-0.25, -0.2) is 9.59 Å². The summed E-state index contributed by atoms with van der Waals surface area (Å²) in [4.78, 5) is 83.2. The molecule has 7 atom stereocenters. The van der Waals surface area contributed by atoms with Gasteiger partial charge in [0.05, 0.1) is 53.5 Å². The zero-order chi connectivity index (χ0) is 39.2. The summed E-state index contributed by atoms with van der Waals surface area (Å²) >= 11 is 2.76. The normalized spacial score (nSPS) is 24.3. The second-order valence-corrected chi connectivity index (χ2v) is 16.2. The van der Waals surface area contributed by atoms with Gasteiger partial charge in [0.15, 0.2) is 18.1 Å².